The Bertz CT molecular complexity index is 300. The smallest absolute Gasteiger partial charge is 0.410 e. The lowest BCUT2D eigenvalue weighted by Crippen LogP contribution is -2.59. The number of Topliss-reactive ketones (excluding diaryl/α,β-unsaturated/α-hetero) is 1. The van der Waals surface area contributed by atoms with Crippen molar-refractivity contribution < 1.29 is 14.3 Å². The zero-order valence-electron chi connectivity index (χ0n) is 10.8. The van der Waals surface area contributed by atoms with Crippen molar-refractivity contribution in [2.75, 3.05) is 7.05 Å². The Morgan fingerprint density at radius 3 is 2.00 bits per heavy atom. The van der Waals surface area contributed by atoms with Crippen LogP contribution in [-0.2, 0) is 9.53 Å². The quantitative estimate of drug-likeness (QED) is 0.727. The van der Waals surface area contributed by atoms with Gasteiger partial charge in [-0.25, -0.2) is 4.79 Å². The zero-order valence-corrected chi connectivity index (χ0v) is 10.8. The first-order valence-electron chi connectivity index (χ1n) is 5.67. The number of hydrogen-bond acceptors (Lipinski definition) is 3. The van der Waals surface area contributed by atoms with Gasteiger partial charge in [0.15, 0.2) is 5.78 Å². The molecule has 0 spiro atoms. The fourth-order valence-corrected chi connectivity index (χ4v) is 1.94. The summed E-state index contributed by atoms with van der Waals surface area (Å²) in [5, 5.41) is 0. The minimum atomic E-state index is -0.609. The highest BCUT2D eigenvalue weighted by atomic mass is 16.6. The predicted octanol–water partition coefficient (Wildman–Crippen LogP) is 2.37. The molecule has 4 nitrogen and oxygen atoms in total. The van der Waals surface area contributed by atoms with Crippen molar-refractivity contribution in [2.24, 2.45) is 0 Å². The summed E-state index contributed by atoms with van der Waals surface area (Å²) >= 11 is 0. The second-order valence-electron chi connectivity index (χ2n) is 5.48. The molecular weight excluding hydrogens is 206 g/mol. The van der Waals surface area contributed by atoms with E-state index in [9.17, 15) is 9.59 Å². The highest BCUT2D eigenvalue weighted by Gasteiger charge is 2.48. The third-order valence-electron chi connectivity index (χ3n) is 3.15. The molecule has 16 heavy (non-hydrogen) atoms. The van der Waals surface area contributed by atoms with E-state index in [0.29, 0.717) is 0 Å². The van der Waals surface area contributed by atoms with Crippen molar-refractivity contribution in [3.8, 4) is 0 Å². The summed E-state index contributed by atoms with van der Waals surface area (Å²) in [5.74, 6) is 0.0482. The fraction of sp³-hybridized carbons (Fsp3) is 0.833. The molecule has 0 unspecified atom stereocenters. The molecule has 92 valence electrons. The Morgan fingerprint density at radius 2 is 1.75 bits per heavy atom. The van der Waals surface area contributed by atoms with Crippen molar-refractivity contribution in [3.63, 3.8) is 0 Å². The number of amides is 1. The number of rotatable bonds is 2. The molecule has 1 amide bonds. The van der Waals surface area contributed by atoms with Crippen LogP contribution in [0.4, 0.5) is 4.79 Å². The van der Waals surface area contributed by atoms with Gasteiger partial charge in [0.05, 0.1) is 0 Å². The Morgan fingerprint density at radius 1 is 1.25 bits per heavy atom. The molecule has 0 aromatic heterocycles. The molecule has 0 radical (unpaired) electrons. The van der Waals surface area contributed by atoms with Gasteiger partial charge in [-0.2, -0.15) is 0 Å². The van der Waals surface area contributed by atoms with Gasteiger partial charge in [-0.1, -0.05) is 0 Å². The van der Waals surface area contributed by atoms with E-state index < -0.39 is 17.2 Å². The van der Waals surface area contributed by atoms with Crippen LogP contribution in [-0.4, -0.2) is 35.0 Å². The van der Waals surface area contributed by atoms with Crippen LogP contribution >= 0.6 is 0 Å². The molecule has 4 heteroatoms. The zero-order chi connectivity index (χ0) is 12.6. The monoisotopic (exact) mass is 227 g/mol. The fourth-order valence-electron chi connectivity index (χ4n) is 1.94. The molecule has 1 rings (SSSR count). The van der Waals surface area contributed by atoms with E-state index in [1.807, 2.05) is 20.8 Å². The molecular formula is C12H21NO3. The number of ketones is 1. The van der Waals surface area contributed by atoms with Crippen molar-refractivity contribution in [1.29, 1.82) is 0 Å². The van der Waals surface area contributed by atoms with Crippen LogP contribution in [0.15, 0.2) is 0 Å². The maximum absolute atomic E-state index is 11.9. The first-order chi connectivity index (χ1) is 7.19. The van der Waals surface area contributed by atoms with Gasteiger partial charge in [-0.05, 0) is 47.0 Å². The second kappa shape index (κ2) is 4.07. The highest BCUT2D eigenvalue weighted by Crippen LogP contribution is 2.38. The van der Waals surface area contributed by atoms with Gasteiger partial charge in [0.1, 0.15) is 11.1 Å². The van der Waals surface area contributed by atoms with Crippen LogP contribution in [0.1, 0.15) is 47.0 Å². The van der Waals surface area contributed by atoms with E-state index in [1.165, 1.54) is 4.90 Å². The topological polar surface area (TPSA) is 46.6 Å². The van der Waals surface area contributed by atoms with Crippen LogP contribution in [0.25, 0.3) is 0 Å². The largest absolute Gasteiger partial charge is 0.444 e. The molecule has 1 aliphatic rings. The van der Waals surface area contributed by atoms with Crippen LogP contribution in [0.5, 0.6) is 0 Å². The summed E-state index contributed by atoms with van der Waals surface area (Å²) in [6.07, 6.45) is 2.07. The summed E-state index contributed by atoms with van der Waals surface area (Å²) in [6.45, 7) is 7.00. The third-order valence-corrected chi connectivity index (χ3v) is 3.15. The van der Waals surface area contributed by atoms with E-state index in [-0.39, 0.29) is 5.78 Å². The molecule has 0 heterocycles. The maximum atomic E-state index is 11.9. The summed E-state index contributed by atoms with van der Waals surface area (Å²) in [7, 11) is 1.65. The van der Waals surface area contributed by atoms with E-state index in [1.54, 1.807) is 14.0 Å². The second-order valence-corrected chi connectivity index (χ2v) is 5.48. The first-order valence-corrected chi connectivity index (χ1v) is 5.67. The third kappa shape index (κ3) is 2.36. The molecule has 1 fully saturated rings. The number of nitrogens with zero attached hydrogens (tertiary/aromatic N) is 1. The number of hydrogen-bond donors (Lipinski definition) is 0. The Hall–Kier alpha value is -1.06. The normalized spacial score (nSPS) is 18.6. The highest BCUT2D eigenvalue weighted by molar-refractivity contribution is 5.90. The number of carbonyl (C=O) groups excluding carboxylic acids is 2. The van der Waals surface area contributed by atoms with Crippen molar-refractivity contribution in [2.45, 2.75) is 58.1 Å². The Balaban J connectivity index is 2.73. The standard InChI is InChI=1S/C12H21NO3/c1-9(14)12(7-6-8-12)13(5)10(15)16-11(2,3)4/h6-8H2,1-5H3. The molecule has 0 atom stereocenters. The molecule has 0 aliphatic heterocycles. The minimum Gasteiger partial charge on any atom is -0.444 e. The van der Waals surface area contributed by atoms with Gasteiger partial charge >= 0.3 is 6.09 Å². The molecule has 1 saturated carbocycles. The number of ether oxygens (including phenoxy) is 1. The van der Waals surface area contributed by atoms with E-state index in [0.717, 1.165) is 19.3 Å². The van der Waals surface area contributed by atoms with Gasteiger partial charge < -0.3 is 4.74 Å². The number of likely N-dealkylation sites (N-methyl/N-ethyl adjacent to an activating group) is 1. The summed E-state index contributed by atoms with van der Waals surface area (Å²) in [5.41, 5.74) is -1.13. The van der Waals surface area contributed by atoms with Crippen LogP contribution in [0.2, 0.25) is 0 Å². The summed E-state index contributed by atoms with van der Waals surface area (Å²) in [6, 6.07) is 0. The van der Waals surface area contributed by atoms with E-state index in [2.05, 4.69) is 0 Å². The van der Waals surface area contributed by atoms with Gasteiger partial charge in [0.25, 0.3) is 0 Å². The first kappa shape index (κ1) is 13.0. The van der Waals surface area contributed by atoms with E-state index >= 15 is 0 Å². The minimum absolute atomic E-state index is 0.0482. The lowest BCUT2D eigenvalue weighted by Gasteiger charge is -2.46. The summed E-state index contributed by atoms with van der Waals surface area (Å²) < 4.78 is 5.27. The van der Waals surface area contributed by atoms with E-state index in [4.69, 9.17) is 4.74 Å². The van der Waals surface area contributed by atoms with Crippen molar-refractivity contribution in [1.82, 2.24) is 4.90 Å². The van der Waals surface area contributed by atoms with Gasteiger partial charge in [-0.15, -0.1) is 0 Å². The average molecular weight is 227 g/mol. The number of carbonyl (C=O) groups is 2. The molecule has 0 bridgehead atoms. The average Bonchev–Trinajstić information content (AvgIpc) is 1.97. The Labute approximate surface area is 96.9 Å². The predicted molar refractivity (Wildman–Crippen MR) is 61.3 cm³/mol. The van der Waals surface area contributed by atoms with Crippen molar-refractivity contribution in [3.05, 3.63) is 0 Å². The molecule has 0 aromatic carbocycles. The maximum Gasteiger partial charge on any atom is 0.410 e. The van der Waals surface area contributed by atoms with Crippen LogP contribution in [0, 0.1) is 0 Å². The van der Waals surface area contributed by atoms with Crippen molar-refractivity contribution >= 4 is 11.9 Å². The Kier molecular flexibility index (Phi) is 3.31. The molecule has 1 aliphatic carbocycles. The SMILES string of the molecule is CC(=O)C1(N(C)C(=O)OC(C)(C)C)CCC1. The van der Waals surface area contributed by atoms with Crippen LogP contribution in [0.3, 0.4) is 0 Å². The summed E-state index contributed by atoms with van der Waals surface area (Å²) in [4.78, 5) is 24.9. The van der Waals surface area contributed by atoms with Gasteiger partial charge in [-0.3, -0.25) is 9.69 Å². The lowest BCUT2D eigenvalue weighted by molar-refractivity contribution is -0.133. The molecule has 0 N–H and O–H groups in total. The van der Waals surface area contributed by atoms with Gasteiger partial charge in [0, 0.05) is 7.05 Å². The van der Waals surface area contributed by atoms with Gasteiger partial charge in [0.2, 0.25) is 0 Å². The molecule has 0 aromatic rings. The lowest BCUT2D eigenvalue weighted by atomic mass is 9.73. The molecule has 0 saturated heterocycles. The van der Waals surface area contributed by atoms with Crippen LogP contribution < -0.4 is 0 Å².